The summed E-state index contributed by atoms with van der Waals surface area (Å²) < 4.78 is 0.873. The summed E-state index contributed by atoms with van der Waals surface area (Å²) in [6, 6.07) is 13.3. The maximum atomic E-state index is 12.3. The number of anilines is 1. The molecule has 0 atom stereocenters. The van der Waals surface area contributed by atoms with Crippen LogP contribution in [-0.2, 0) is 0 Å². The molecular formula is C15H12BrN3O. The van der Waals surface area contributed by atoms with E-state index in [-0.39, 0.29) is 5.91 Å². The maximum absolute atomic E-state index is 12.3. The highest BCUT2D eigenvalue weighted by molar-refractivity contribution is 9.10. The second-order valence-corrected chi connectivity index (χ2v) is 5.43. The van der Waals surface area contributed by atoms with E-state index in [1.807, 2.05) is 43.3 Å². The van der Waals surface area contributed by atoms with Gasteiger partial charge in [-0.1, -0.05) is 34.1 Å². The molecule has 3 rings (SSSR count). The van der Waals surface area contributed by atoms with Gasteiger partial charge in [0.15, 0.2) is 0 Å². The number of rotatable bonds is 2. The Bertz CT molecular complexity index is 762. The molecular weight excluding hydrogens is 318 g/mol. The Morgan fingerprint density at radius 1 is 1.25 bits per heavy atom. The minimum Gasteiger partial charge on any atom is -0.324 e. The highest BCUT2D eigenvalue weighted by atomic mass is 79.9. The molecule has 1 heterocycles. The van der Waals surface area contributed by atoms with Gasteiger partial charge < -0.3 is 4.98 Å². The van der Waals surface area contributed by atoms with Crippen molar-refractivity contribution in [2.24, 2.45) is 0 Å². The Morgan fingerprint density at radius 2 is 2.05 bits per heavy atom. The lowest BCUT2D eigenvalue weighted by Crippen LogP contribution is -2.14. The molecule has 2 N–H and O–H groups in total. The van der Waals surface area contributed by atoms with Crippen LogP contribution in [0.5, 0.6) is 0 Å². The fourth-order valence-corrected chi connectivity index (χ4v) is 2.39. The van der Waals surface area contributed by atoms with Gasteiger partial charge in [0.2, 0.25) is 5.95 Å². The molecule has 0 saturated heterocycles. The fourth-order valence-electron chi connectivity index (χ4n) is 2.03. The largest absolute Gasteiger partial charge is 0.324 e. The second-order valence-electron chi connectivity index (χ2n) is 4.52. The molecule has 0 aliphatic rings. The third-order valence-corrected chi connectivity index (χ3v) is 3.56. The third-order valence-electron chi connectivity index (χ3n) is 3.07. The number of aromatic amines is 1. The van der Waals surface area contributed by atoms with E-state index >= 15 is 0 Å². The number of H-pyrrole nitrogens is 1. The van der Waals surface area contributed by atoms with Crippen LogP contribution in [0.25, 0.3) is 11.0 Å². The summed E-state index contributed by atoms with van der Waals surface area (Å²) in [6.45, 7) is 1.90. The van der Waals surface area contributed by atoms with Crippen LogP contribution in [0.3, 0.4) is 0 Å². The molecule has 0 aliphatic carbocycles. The van der Waals surface area contributed by atoms with Crippen molar-refractivity contribution in [3.63, 3.8) is 0 Å². The smallest absolute Gasteiger partial charge is 0.258 e. The quantitative estimate of drug-likeness (QED) is 0.749. The van der Waals surface area contributed by atoms with E-state index in [1.54, 1.807) is 6.07 Å². The number of hydrogen-bond acceptors (Lipinski definition) is 2. The van der Waals surface area contributed by atoms with Gasteiger partial charge in [-0.05, 0) is 36.8 Å². The molecule has 3 aromatic rings. The molecule has 100 valence electrons. The number of aryl methyl sites for hydroxylation is 1. The van der Waals surface area contributed by atoms with Crippen molar-refractivity contribution in [1.82, 2.24) is 9.97 Å². The van der Waals surface area contributed by atoms with Gasteiger partial charge in [0.05, 0.1) is 11.0 Å². The van der Waals surface area contributed by atoms with E-state index in [4.69, 9.17) is 0 Å². The van der Waals surface area contributed by atoms with Crippen LogP contribution < -0.4 is 5.32 Å². The van der Waals surface area contributed by atoms with Crippen molar-refractivity contribution in [1.29, 1.82) is 0 Å². The number of aromatic nitrogens is 2. The van der Waals surface area contributed by atoms with E-state index in [0.717, 1.165) is 21.1 Å². The minimum absolute atomic E-state index is 0.178. The van der Waals surface area contributed by atoms with Crippen LogP contribution in [0.15, 0.2) is 46.9 Å². The Kier molecular flexibility index (Phi) is 3.28. The van der Waals surface area contributed by atoms with Gasteiger partial charge in [-0.15, -0.1) is 0 Å². The third kappa shape index (κ3) is 2.44. The predicted octanol–water partition coefficient (Wildman–Crippen LogP) is 3.89. The summed E-state index contributed by atoms with van der Waals surface area (Å²) in [4.78, 5) is 19.7. The molecule has 0 saturated carbocycles. The van der Waals surface area contributed by atoms with Gasteiger partial charge in [-0.3, -0.25) is 10.1 Å². The van der Waals surface area contributed by atoms with Crippen molar-refractivity contribution in [2.75, 3.05) is 5.32 Å². The zero-order valence-electron chi connectivity index (χ0n) is 10.8. The van der Waals surface area contributed by atoms with E-state index < -0.39 is 0 Å². The monoisotopic (exact) mass is 329 g/mol. The summed E-state index contributed by atoms with van der Waals surface area (Å²) >= 11 is 3.37. The van der Waals surface area contributed by atoms with E-state index in [9.17, 15) is 4.79 Å². The first-order valence-electron chi connectivity index (χ1n) is 6.16. The predicted molar refractivity (Wildman–Crippen MR) is 82.9 cm³/mol. The van der Waals surface area contributed by atoms with Gasteiger partial charge in [0.25, 0.3) is 5.91 Å². The molecule has 0 unspecified atom stereocenters. The van der Waals surface area contributed by atoms with E-state index in [0.29, 0.717) is 11.5 Å². The van der Waals surface area contributed by atoms with Crippen LogP contribution >= 0.6 is 15.9 Å². The van der Waals surface area contributed by atoms with E-state index in [2.05, 4.69) is 31.2 Å². The van der Waals surface area contributed by atoms with Gasteiger partial charge >= 0.3 is 0 Å². The number of amides is 1. The number of nitrogens with one attached hydrogen (secondary N) is 2. The minimum atomic E-state index is -0.178. The number of para-hydroxylation sites is 2. The lowest BCUT2D eigenvalue weighted by Gasteiger charge is -2.05. The van der Waals surface area contributed by atoms with Gasteiger partial charge in [-0.2, -0.15) is 0 Å². The number of carbonyl (C=O) groups excluding carboxylic acids is 1. The first-order chi connectivity index (χ1) is 9.63. The number of hydrogen-bond donors (Lipinski definition) is 2. The molecule has 20 heavy (non-hydrogen) atoms. The number of fused-ring (bicyclic) bond motifs is 1. The average Bonchev–Trinajstić information content (AvgIpc) is 2.83. The SMILES string of the molecule is Cc1ccc(Br)cc1C(=O)Nc1nc2ccccc2[nH]1. The van der Waals surface area contributed by atoms with Crippen molar-refractivity contribution < 1.29 is 4.79 Å². The maximum Gasteiger partial charge on any atom is 0.258 e. The summed E-state index contributed by atoms with van der Waals surface area (Å²) in [7, 11) is 0. The molecule has 0 bridgehead atoms. The lowest BCUT2D eigenvalue weighted by molar-refractivity contribution is 0.102. The normalized spacial score (nSPS) is 10.7. The summed E-state index contributed by atoms with van der Waals surface area (Å²) in [6.07, 6.45) is 0. The molecule has 0 aliphatic heterocycles. The Hall–Kier alpha value is -2.14. The molecule has 1 amide bonds. The van der Waals surface area contributed by atoms with Crippen molar-refractivity contribution in [2.45, 2.75) is 6.92 Å². The van der Waals surface area contributed by atoms with Crippen LogP contribution in [0, 0.1) is 6.92 Å². The number of nitrogens with zero attached hydrogens (tertiary/aromatic N) is 1. The Labute approximate surface area is 124 Å². The van der Waals surface area contributed by atoms with Gasteiger partial charge in [-0.25, -0.2) is 4.98 Å². The van der Waals surface area contributed by atoms with Gasteiger partial charge in [0.1, 0.15) is 0 Å². The topological polar surface area (TPSA) is 57.8 Å². The highest BCUT2D eigenvalue weighted by Gasteiger charge is 2.11. The van der Waals surface area contributed by atoms with E-state index in [1.165, 1.54) is 0 Å². The number of carbonyl (C=O) groups is 1. The Morgan fingerprint density at radius 3 is 2.85 bits per heavy atom. The van der Waals surface area contributed by atoms with Crippen molar-refractivity contribution in [3.05, 3.63) is 58.1 Å². The van der Waals surface area contributed by atoms with Crippen molar-refractivity contribution >= 4 is 38.8 Å². The summed E-state index contributed by atoms with van der Waals surface area (Å²) in [5.74, 6) is 0.276. The molecule has 4 nitrogen and oxygen atoms in total. The molecule has 0 spiro atoms. The number of halogens is 1. The van der Waals surface area contributed by atoms with Crippen LogP contribution in [0.1, 0.15) is 15.9 Å². The standard InChI is InChI=1S/C15H12BrN3O/c1-9-6-7-10(16)8-11(9)14(20)19-15-17-12-4-2-3-5-13(12)18-15/h2-8H,1H3,(H2,17,18,19,20). The fraction of sp³-hybridized carbons (Fsp3) is 0.0667. The number of imidazole rings is 1. The lowest BCUT2D eigenvalue weighted by atomic mass is 10.1. The summed E-state index contributed by atoms with van der Waals surface area (Å²) in [5, 5.41) is 2.79. The van der Waals surface area contributed by atoms with Crippen molar-refractivity contribution in [3.8, 4) is 0 Å². The molecule has 0 radical (unpaired) electrons. The summed E-state index contributed by atoms with van der Waals surface area (Å²) in [5.41, 5.74) is 3.27. The van der Waals surface area contributed by atoms with Crippen LogP contribution in [0.4, 0.5) is 5.95 Å². The molecule has 1 aromatic heterocycles. The molecule has 0 fully saturated rings. The Balaban J connectivity index is 1.90. The number of benzene rings is 2. The van der Waals surface area contributed by atoms with Crippen LogP contribution in [-0.4, -0.2) is 15.9 Å². The average molecular weight is 330 g/mol. The van der Waals surface area contributed by atoms with Gasteiger partial charge in [0, 0.05) is 10.0 Å². The van der Waals surface area contributed by atoms with Crippen LogP contribution in [0.2, 0.25) is 0 Å². The first kappa shape index (κ1) is 12.9. The highest BCUT2D eigenvalue weighted by Crippen LogP contribution is 2.18. The zero-order valence-corrected chi connectivity index (χ0v) is 12.4. The molecule has 5 heteroatoms. The second kappa shape index (κ2) is 5.09. The zero-order chi connectivity index (χ0) is 14.1. The first-order valence-corrected chi connectivity index (χ1v) is 6.95. The molecule has 2 aromatic carbocycles.